The first-order valence-electron chi connectivity index (χ1n) is 12.3. The molecule has 3 aromatic rings. The average Bonchev–Trinajstić information content (AvgIpc) is 2.90. The number of nitrogens with zero attached hydrogens (tertiary/aromatic N) is 6. The van der Waals surface area contributed by atoms with E-state index in [1.807, 2.05) is 12.1 Å². The van der Waals surface area contributed by atoms with Crippen LogP contribution in [0.3, 0.4) is 0 Å². The van der Waals surface area contributed by atoms with Crippen molar-refractivity contribution in [1.29, 1.82) is 0 Å². The van der Waals surface area contributed by atoms with Crippen LogP contribution in [0.25, 0.3) is 11.3 Å². The van der Waals surface area contributed by atoms with Crippen molar-refractivity contribution in [3.8, 4) is 11.3 Å². The van der Waals surface area contributed by atoms with Crippen molar-refractivity contribution in [2.24, 2.45) is 5.73 Å². The number of rotatable bonds is 6. The highest BCUT2D eigenvalue weighted by Crippen LogP contribution is 2.30. The van der Waals surface area contributed by atoms with Gasteiger partial charge in [-0.15, -0.1) is 0 Å². The van der Waals surface area contributed by atoms with Gasteiger partial charge in [-0.3, -0.25) is 14.7 Å². The molecule has 2 aromatic heterocycles. The van der Waals surface area contributed by atoms with Crippen LogP contribution in [-0.2, 0) is 0 Å². The Hall–Kier alpha value is -3.27. The van der Waals surface area contributed by atoms with E-state index in [1.165, 1.54) is 31.6 Å². The van der Waals surface area contributed by atoms with Crippen LogP contribution in [0.1, 0.15) is 23.3 Å². The van der Waals surface area contributed by atoms with E-state index in [0.717, 1.165) is 31.9 Å². The van der Waals surface area contributed by atoms with Crippen LogP contribution in [0, 0.1) is 0 Å². The van der Waals surface area contributed by atoms with Crippen molar-refractivity contribution < 1.29 is 4.79 Å². The Morgan fingerprint density at radius 1 is 0.972 bits per heavy atom. The minimum absolute atomic E-state index is 0.0290. The summed E-state index contributed by atoms with van der Waals surface area (Å²) < 4.78 is 0. The zero-order chi connectivity index (χ0) is 25.1. The first-order chi connectivity index (χ1) is 17.5. The lowest BCUT2D eigenvalue weighted by Gasteiger charge is -2.42. The smallest absolute Gasteiger partial charge is 0.271 e. The zero-order valence-electron chi connectivity index (χ0n) is 20.4. The SMILES string of the molecule is CN1CCN(C2CCN(c3ccc(Nc4nc(Cl)c(-c5ccncc5)nc4C(N)=O)cc3)CC2)CC1. The fraction of sp³-hybridized carbons (Fsp3) is 0.385. The molecule has 0 aliphatic carbocycles. The van der Waals surface area contributed by atoms with Crippen LogP contribution >= 0.6 is 11.6 Å². The molecular weight excluding hydrogens is 476 g/mol. The fourth-order valence-electron chi connectivity index (χ4n) is 4.94. The maximum Gasteiger partial charge on any atom is 0.271 e. The molecule has 9 nitrogen and oxygen atoms in total. The molecule has 2 aliphatic rings. The Morgan fingerprint density at radius 2 is 1.64 bits per heavy atom. The van der Waals surface area contributed by atoms with E-state index in [0.29, 0.717) is 17.3 Å². The number of primary amides is 1. The number of anilines is 3. The number of piperidine rings is 1. The maximum atomic E-state index is 12.1. The van der Waals surface area contributed by atoms with Crippen molar-refractivity contribution >= 4 is 34.7 Å². The number of likely N-dealkylation sites (N-methyl/N-ethyl adjacent to an activating group) is 1. The third-order valence-corrected chi connectivity index (χ3v) is 7.32. The van der Waals surface area contributed by atoms with Crippen LogP contribution < -0.4 is 16.0 Å². The Balaban J connectivity index is 1.25. The van der Waals surface area contributed by atoms with Gasteiger partial charge in [0, 0.05) is 74.6 Å². The molecule has 5 rings (SSSR count). The molecule has 1 amide bonds. The van der Waals surface area contributed by atoms with Crippen molar-refractivity contribution in [3.05, 3.63) is 59.6 Å². The topological polar surface area (TPSA) is 104 Å². The van der Waals surface area contributed by atoms with Crippen molar-refractivity contribution in [2.75, 3.05) is 56.5 Å². The summed E-state index contributed by atoms with van der Waals surface area (Å²) in [6.07, 6.45) is 5.62. The van der Waals surface area contributed by atoms with Gasteiger partial charge in [-0.05, 0) is 56.3 Å². The third kappa shape index (κ3) is 5.43. The number of nitrogens with two attached hydrogens (primary N) is 1. The van der Waals surface area contributed by atoms with Gasteiger partial charge in [0.2, 0.25) is 0 Å². The molecule has 2 fully saturated rings. The molecule has 0 radical (unpaired) electrons. The van der Waals surface area contributed by atoms with Crippen molar-refractivity contribution in [2.45, 2.75) is 18.9 Å². The molecule has 2 aliphatic heterocycles. The molecule has 10 heteroatoms. The number of nitrogens with one attached hydrogen (secondary N) is 1. The van der Waals surface area contributed by atoms with E-state index in [1.54, 1.807) is 24.5 Å². The summed E-state index contributed by atoms with van der Waals surface area (Å²) in [4.78, 5) is 32.4. The number of amides is 1. The van der Waals surface area contributed by atoms with Crippen LogP contribution in [-0.4, -0.2) is 83.0 Å². The molecule has 1 aromatic carbocycles. The lowest BCUT2D eigenvalue weighted by Crippen LogP contribution is -2.52. The summed E-state index contributed by atoms with van der Waals surface area (Å²) in [5.74, 6) is -0.456. The summed E-state index contributed by atoms with van der Waals surface area (Å²) in [7, 11) is 2.20. The lowest BCUT2D eigenvalue weighted by atomic mass is 10.0. The molecule has 0 saturated carbocycles. The predicted octanol–water partition coefficient (Wildman–Crippen LogP) is 3.25. The Bertz CT molecular complexity index is 1190. The number of aromatic nitrogens is 3. The van der Waals surface area contributed by atoms with Gasteiger partial charge in [-0.2, -0.15) is 0 Å². The van der Waals surface area contributed by atoms with Gasteiger partial charge in [0.15, 0.2) is 16.7 Å². The average molecular weight is 507 g/mol. The second-order valence-corrected chi connectivity index (χ2v) is 9.75. The van der Waals surface area contributed by atoms with E-state index >= 15 is 0 Å². The van der Waals surface area contributed by atoms with Crippen LogP contribution in [0.5, 0.6) is 0 Å². The number of hydrogen-bond donors (Lipinski definition) is 2. The number of carbonyl (C=O) groups excluding carboxylic acids is 1. The van der Waals surface area contributed by atoms with Crippen molar-refractivity contribution in [3.63, 3.8) is 0 Å². The van der Waals surface area contributed by atoms with Gasteiger partial charge in [0.1, 0.15) is 5.69 Å². The quantitative estimate of drug-likeness (QED) is 0.525. The molecule has 0 unspecified atom stereocenters. The summed E-state index contributed by atoms with van der Waals surface area (Å²) in [5.41, 5.74) is 8.69. The molecule has 0 spiro atoms. The predicted molar refractivity (Wildman–Crippen MR) is 143 cm³/mol. The molecule has 2 saturated heterocycles. The maximum absolute atomic E-state index is 12.1. The standard InChI is InChI=1S/C26H31ClN8O/c1-33-14-16-35(17-15-33)21-8-12-34(13-9-21)20-4-2-19(3-5-20)30-26-23(25(28)36)31-22(24(27)32-26)18-6-10-29-11-7-18/h2-7,10-11,21H,8-9,12-17H2,1H3,(H2,28,36)(H,30,32). The molecule has 36 heavy (non-hydrogen) atoms. The first kappa shape index (κ1) is 24.4. The first-order valence-corrected chi connectivity index (χ1v) is 12.7. The van der Waals surface area contributed by atoms with E-state index < -0.39 is 5.91 Å². The fourth-order valence-corrected chi connectivity index (χ4v) is 5.17. The molecule has 188 valence electrons. The largest absolute Gasteiger partial charge is 0.371 e. The van der Waals surface area contributed by atoms with Gasteiger partial charge in [-0.1, -0.05) is 11.6 Å². The van der Waals surface area contributed by atoms with E-state index in [-0.39, 0.29) is 16.7 Å². The normalized spacial score (nSPS) is 17.8. The molecule has 3 N–H and O–H groups in total. The number of halogens is 1. The highest BCUT2D eigenvalue weighted by Gasteiger charge is 2.26. The van der Waals surface area contributed by atoms with E-state index in [2.05, 4.69) is 54.1 Å². The zero-order valence-corrected chi connectivity index (χ0v) is 21.2. The molecule has 0 bridgehead atoms. The summed E-state index contributed by atoms with van der Waals surface area (Å²) in [6.45, 7) is 6.76. The summed E-state index contributed by atoms with van der Waals surface area (Å²) >= 11 is 6.41. The van der Waals surface area contributed by atoms with Gasteiger partial charge >= 0.3 is 0 Å². The number of piperazine rings is 1. The highest BCUT2D eigenvalue weighted by molar-refractivity contribution is 6.32. The Kier molecular flexibility index (Phi) is 7.31. The van der Waals surface area contributed by atoms with Gasteiger partial charge in [0.05, 0.1) is 0 Å². The van der Waals surface area contributed by atoms with Crippen LogP contribution in [0.15, 0.2) is 48.8 Å². The van der Waals surface area contributed by atoms with Gasteiger partial charge in [0.25, 0.3) is 5.91 Å². The third-order valence-electron chi connectivity index (χ3n) is 7.05. The highest BCUT2D eigenvalue weighted by atomic mass is 35.5. The molecule has 4 heterocycles. The van der Waals surface area contributed by atoms with Crippen molar-refractivity contribution in [1.82, 2.24) is 24.8 Å². The minimum Gasteiger partial charge on any atom is -0.371 e. The Labute approximate surface area is 216 Å². The van der Waals surface area contributed by atoms with Crippen LogP contribution in [0.4, 0.5) is 17.2 Å². The minimum atomic E-state index is -0.684. The Morgan fingerprint density at radius 3 is 2.28 bits per heavy atom. The number of pyridine rings is 1. The lowest BCUT2D eigenvalue weighted by molar-refractivity contribution is 0.0982. The van der Waals surface area contributed by atoms with E-state index in [4.69, 9.17) is 17.3 Å². The molecule has 0 atom stereocenters. The van der Waals surface area contributed by atoms with Gasteiger partial charge < -0.3 is 20.9 Å². The monoisotopic (exact) mass is 506 g/mol. The van der Waals surface area contributed by atoms with E-state index in [9.17, 15) is 4.79 Å². The summed E-state index contributed by atoms with van der Waals surface area (Å²) in [5, 5.41) is 3.33. The van der Waals surface area contributed by atoms with Crippen LogP contribution in [0.2, 0.25) is 5.15 Å². The summed E-state index contributed by atoms with van der Waals surface area (Å²) in [6, 6.07) is 12.3. The number of benzene rings is 1. The molecular formula is C26H31ClN8O. The number of carbonyl (C=O) groups is 1. The second-order valence-electron chi connectivity index (χ2n) is 9.39. The second kappa shape index (κ2) is 10.8. The number of hydrogen-bond acceptors (Lipinski definition) is 8. The van der Waals surface area contributed by atoms with Gasteiger partial charge in [-0.25, -0.2) is 9.97 Å².